The van der Waals surface area contributed by atoms with E-state index in [9.17, 15) is 0 Å². The Labute approximate surface area is 108 Å². The largest absolute Gasteiger partial charge is 0.317 e. The van der Waals surface area contributed by atoms with Crippen molar-refractivity contribution in [3.63, 3.8) is 0 Å². The van der Waals surface area contributed by atoms with Gasteiger partial charge in [0.2, 0.25) is 0 Å². The van der Waals surface area contributed by atoms with Gasteiger partial charge in [-0.1, -0.05) is 6.92 Å². The molecule has 0 radical (unpaired) electrons. The standard InChI is InChI=1S/C13H23N3S/c1-4-16-7-5-6-12(16)13-15-9-11(17-13)8-10(2)14-3/h9-10,12,14H,4-8H2,1-3H3. The van der Waals surface area contributed by atoms with Crippen molar-refractivity contribution in [2.75, 3.05) is 20.1 Å². The summed E-state index contributed by atoms with van der Waals surface area (Å²) in [6, 6.07) is 1.12. The molecule has 4 heteroatoms. The first-order chi connectivity index (χ1) is 8.24. The number of rotatable bonds is 5. The molecule has 1 fully saturated rings. The quantitative estimate of drug-likeness (QED) is 0.873. The molecule has 0 aliphatic carbocycles. The SMILES string of the molecule is CCN1CCCC1c1ncc(CC(C)NC)s1. The number of hydrogen-bond donors (Lipinski definition) is 1. The van der Waals surface area contributed by atoms with E-state index in [1.165, 1.54) is 29.3 Å². The maximum absolute atomic E-state index is 4.63. The maximum Gasteiger partial charge on any atom is 0.110 e. The molecule has 1 aromatic heterocycles. The molecule has 1 aliphatic heterocycles. The average Bonchev–Trinajstić information content (AvgIpc) is 2.95. The van der Waals surface area contributed by atoms with E-state index >= 15 is 0 Å². The Bertz CT molecular complexity index is 350. The molecule has 96 valence electrons. The minimum atomic E-state index is 0.536. The molecule has 1 aromatic rings. The van der Waals surface area contributed by atoms with Crippen LogP contribution in [0.15, 0.2) is 6.20 Å². The van der Waals surface area contributed by atoms with Gasteiger partial charge in [0.25, 0.3) is 0 Å². The van der Waals surface area contributed by atoms with Crippen LogP contribution >= 0.6 is 11.3 Å². The molecule has 3 nitrogen and oxygen atoms in total. The minimum absolute atomic E-state index is 0.536. The lowest BCUT2D eigenvalue weighted by Gasteiger charge is -2.20. The number of nitrogens with zero attached hydrogens (tertiary/aromatic N) is 2. The van der Waals surface area contributed by atoms with Gasteiger partial charge in [0.15, 0.2) is 0 Å². The van der Waals surface area contributed by atoms with Crippen LogP contribution in [0.1, 0.15) is 42.6 Å². The van der Waals surface area contributed by atoms with Gasteiger partial charge in [0, 0.05) is 17.1 Å². The number of likely N-dealkylation sites (tertiary alicyclic amines) is 1. The summed E-state index contributed by atoms with van der Waals surface area (Å²) in [5, 5.41) is 4.60. The molecule has 0 aromatic carbocycles. The minimum Gasteiger partial charge on any atom is -0.317 e. The van der Waals surface area contributed by atoms with Crippen molar-refractivity contribution in [3.8, 4) is 0 Å². The van der Waals surface area contributed by atoms with Gasteiger partial charge < -0.3 is 5.32 Å². The van der Waals surface area contributed by atoms with Crippen LogP contribution < -0.4 is 5.32 Å². The summed E-state index contributed by atoms with van der Waals surface area (Å²) >= 11 is 1.90. The van der Waals surface area contributed by atoms with E-state index in [4.69, 9.17) is 0 Å². The fourth-order valence-electron chi connectivity index (χ4n) is 2.46. The first kappa shape index (κ1) is 13.0. The molecule has 17 heavy (non-hydrogen) atoms. The van der Waals surface area contributed by atoms with Crippen LogP contribution in [0.25, 0.3) is 0 Å². The Balaban J connectivity index is 2.02. The lowest BCUT2D eigenvalue weighted by Crippen LogP contribution is -2.23. The van der Waals surface area contributed by atoms with E-state index in [1.54, 1.807) is 0 Å². The van der Waals surface area contributed by atoms with E-state index in [0.29, 0.717) is 12.1 Å². The molecule has 0 saturated carbocycles. The summed E-state index contributed by atoms with van der Waals surface area (Å²) in [6.45, 7) is 6.85. The molecule has 1 N–H and O–H groups in total. The van der Waals surface area contributed by atoms with Gasteiger partial charge in [0.05, 0.1) is 6.04 Å². The summed E-state index contributed by atoms with van der Waals surface area (Å²) in [6.07, 6.45) is 5.76. The van der Waals surface area contributed by atoms with Crippen molar-refractivity contribution in [2.45, 2.75) is 45.2 Å². The molecule has 2 unspecified atom stereocenters. The molecular weight excluding hydrogens is 230 g/mol. The Morgan fingerprint density at radius 2 is 2.47 bits per heavy atom. The molecular formula is C13H23N3S. The first-order valence-electron chi connectivity index (χ1n) is 6.60. The Morgan fingerprint density at radius 3 is 3.18 bits per heavy atom. The Hall–Kier alpha value is -0.450. The van der Waals surface area contributed by atoms with Crippen molar-refractivity contribution < 1.29 is 0 Å². The fraction of sp³-hybridized carbons (Fsp3) is 0.769. The fourth-order valence-corrected chi connectivity index (χ4v) is 3.67. The second kappa shape index (κ2) is 5.94. The predicted molar refractivity (Wildman–Crippen MR) is 73.6 cm³/mol. The van der Waals surface area contributed by atoms with E-state index in [2.05, 4.69) is 35.2 Å². The zero-order valence-electron chi connectivity index (χ0n) is 11.1. The van der Waals surface area contributed by atoms with Crippen LogP contribution in [-0.2, 0) is 6.42 Å². The summed E-state index contributed by atoms with van der Waals surface area (Å²) < 4.78 is 0. The van der Waals surface area contributed by atoms with E-state index < -0.39 is 0 Å². The number of likely N-dealkylation sites (N-methyl/N-ethyl adjacent to an activating group) is 1. The van der Waals surface area contributed by atoms with Gasteiger partial charge in [0.1, 0.15) is 5.01 Å². The summed E-state index contributed by atoms with van der Waals surface area (Å²) in [5.41, 5.74) is 0. The zero-order valence-corrected chi connectivity index (χ0v) is 11.9. The third-order valence-corrected chi connectivity index (χ3v) is 4.75. The van der Waals surface area contributed by atoms with Gasteiger partial charge in [-0.05, 0) is 46.3 Å². The third-order valence-electron chi connectivity index (χ3n) is 3.63. The molecule has 0 amide bonds. The smallest absolute Gasteiger partial charge is 0.110 e. The van der Waals surface area contributed by atoms with Crippen LogP contribution in [0, 0.1) is 0 Å². The average molecular weight is 253 g/mol. The number of hydrogen-bond acceptors (Lipinski definition) is 4. The van der Waals surface area contributed by atoms with Crippen LogP contribution in [0.2, 0.25) is 0 Å². The van der Waals surface area contributed by atoms with E-state index in [-0.39, 0.29) is 0 Å². The predicted octanol–water partition coefficient (Wildman–Crippen LogP) is 2.45. The van der Waals surface area contributed by atoms with Crippen molar-refractivity contribution in [1.29, 1.82) is 0 Å². The highest BCUT2D eigenvalue weighted by Gasteiger charge is 2.26. The van der Waals surface area contributed by atoms with Gasteiger partial charge >= 0.3 is 0 Å². The highest BCUT2D eigenvalue weighted by molar-refractivity contribution is 7.11. The van der Waals surface area contributed by atoms with Gasteiger partial charge in [-0.3, -0.25) is 4.90 Å². The summed E-state index contributed by atoms with van der Waals surface area (Å²) in [7, 11) is 2.02. The van der Waals surface area contributed by atoms with Gasteiger partial charge in [-0.15, -0.1) is 11.3 Å². The molecule has 2 atom stereocenters. The van der Waals surface area contributed by atoms with Gasteiger partial charge in [-0.25, -0.2) is 4.98 Å². The molecule has 0 spiro atoms. The van der Waals surface area contributed by atoms with Crippen LogP contribution in [0.3, 0.4) is 0 Å². The lowest BCUT2D eigenvalue weighted by molar-refractivity contribution is 0.271. The molecule has 1 saturated heterocycles. The van der Waals surface area contributed by atoms with E-state index in [0.717, 1.165) is 13.0 Å². The second-order valence-corrected chi connectivity index (χ2v) is 5.99. The third kappa shape index (κ3) is 3.06. The van der Waals surface area contributed by atoms with Crippen LogP contribution in [0.5, 0.6) is 0 Å². The van der Waals surface area contributed by atoms with Crippen molar-refractivity contribution in [1.82, 2.24) is 15.2 Å². The highest BCUT2D eigenvalue weighted by atomic mass is 32.1. The zero-order chi connectivity index (χ0) is 12.3. The summed E-state index contributed by atoms with van der Waals surface area (Å²) in [4.78, 5) is 8.59. The molecule has 2 heterocycles. The number of aromatic nitrogens is 1. The van der Waals surface area contributed by atoms with Crippen molar-refractivity contribution in [3.05, 3.63) is 16.1 Å². The number of nitrogens with one attached hydrogen (secondary N) is 1. The van der Waals surface area contributed by atoms with Crippen molar-refractivity contribution >= 4 is 11.3 Å². The lowest BCUT2D eigenvalue weighted by atomic mass is 10.2. The monoisotopic (exact) mass is 253 g/mol. The highest BCUT2D eigenvalue weighted by Crippen LogP contribution is 2.34. The van der Waals surface area contributed by atoms with Gasteiger partial charge in [-0.2, -0.15) is 0 Å². The van der Waals surface area contributed by atoms with Crippen LogP contribution in [-0.4, -0.2) is 36.1 Å². The summed E-state index contributed by atoms with van der Waals surface area (Å²) in [5.74, 6) is 0. The number of thiazole rings is 1. The Morgan fingerprint density at radius 1 is 1.65 bits per heavy atom. The van der Waals surface area contributed by atoms with Crippen LogP contribution in [0.4, 0.5) is 0 Å². The van der Waals surface area contributed by atoms with E-state index in [1.807, 2.05) is 18.4 Å². The molecule has 0 bridgehead atoms. The second-order valence-electron chi connectivity index (χ2n) is 4.85. The molecule has 2 rings (SSSR count). The van der Waals surface area contributed by atoms with Crippen molar-refractivity contribution in [2.24, 2.45) is 0 Å². The first-order valence-corrected chi connectivity index (χ1v) is 7.42. The normalized spacial score (nSPS) is 23.1. The maximum atomic E-state index is 4.63. The Kier molecular flexibility index (Phi) is 4.54. The topological polar surface area (TPSA) is 28.2 Å². The molecule has 1 aliphatic rings.